The number of piperidine rings is 2. The van der Waals surface area contributed by atoms with Gasteiger partial charge in [0.05, 0.1) is 0 Å². The molecular formula is C11H15F3N4S. The Balaban J connectivity index is 1.71. The highest BCUT2D eigenvalue weighted by Gasteiger charge is 2.37. The van der Waals surface area contributed by atoms with E-state index in [1.165, 1.54) is 0 Å². The minimum absolute atomic E-state index is 0.399. The number of rotatable bonds is 1. The molecule has 0 aliphatic carbocycles. The first-order chi connectivity index (χ1) is 9.04. The lowest BCUT2D eigenvalue weighted by molar-refractivity contribution is -0.138. The first-order valence-electron chi connectivity index (χ1n) is 6.43. The maximum absolute atomic E-state index is 12.5. The first kappa shape index (κ1) is 13.1. The summed E-state index contributed by atoms with van der Waals surface area (Å²) in [7, 11) is 0. The molecule has 0 spiro atoms. The Bertz CT molecular complexity index is 447. The van der Waals surface area contributed by atoms with Gasteiger partial charge < -0.3 is 10.2 Å². The zero-order valence-corrected chi connectivity index (χ0v) is 11.1. The maximum atomic E-state index is 12.5. The van der Waals surface area contributed by atoms with E-state index >= 15 is 0 Å². The normalized spacial score (nSPS) is 28.3. The van der Waals surface area contributed by atoms with Crippen molar-refractivity contribution in [3.8, 4) is 0 Å². The van der Waals surface area contributed by atoms with E-state index in [-0.39, 0.29) is 0 Å². The lowest BCUT2D eigenvalue weighted by atomic mass is 9.86. The maximum Gasteiger partial charge on any atom is 0.445 e. The molecule has 2 saturated heterocycles. The van der Waals surface area contributed by atoms with Crippen LogP contribution in [0.4, 0.5) is 18.3 Å². The third kappa shape index (κ3) is 2.69. The van der Waals surface area contributed by atoms with E-state index in [1.807, 2.05) is 4.90 Å². The molecule has 0 bridgehead atoms. The Kier molecular flexibility index (Phi) is 3.38. The summed E-state index contributed by atoms with van der Waals surface area (Å²) < 4.78 is 37.5. The van der Waals surface area contributed by atoms with E-state index in [9.17, 15) is 13.2 Å². The van der Waals surface area contributed by atoms with Crippen LogP contribution in [0.3, 0.4) is 0 Å². The van der Waals surface area contributed by atoms with Crippen molar-refractivity contribution in [3.05, 3.63) is 5.01 Å². The molecule has 0 radical (unpaired) electrons. The molecule has 0 saturated carbocycles. The van der Waals surface area contributed by atoms with Gasteiger partial charge >= 0.3 is 6.18 Å². The Hall–Kier alpha value is -0.890. The molecule has 2 unspecified atom stereocenters. The standard InChI is InChI=1S/C11H15F3N4S/c12-11(13,14)9-16-17-10(19-9)18-5-3-8-7(6-18)2-1-4-15-8/h7-8,15H,1-6H2. The zero-order valence-electron chi connectivity index (χ0n) is 10.3. The van der Waals surface area contributed by atoms with Crippen molar-refractivity contribution >= 4 is 16.5 Å². The quantitative estimate of drug-likeness (QED) is 0.861. The summed E-state index contributed by atoms with van der Waals surface area (Å²) in [4.78, 5) is 1.95. The molecule has 19 heavy (non-hydrogen) atoms. The van der Waals surface area contributed by atoms with Crippen molar-refractivity contribution in [2.24, 2.45) is 5.92 Å². The van der Waals surface area contributed by atoms with Gasteiger partial charge in [0.15, 0.2) is 0 Å². The number of halogens is 3. The Labute approximate surface area is 113 Å². The van der Waals surface area contributed by atoms with Crippen molar-refractivity contribution in [2.75, 3.05) is 24.5 Å². The number of hydrogen-bond donors (Lipinski definition) is 1. The van der Waals surface area contributed by atoms with Crippen molar-refractivity contribution < 1.29 is 13.2 Å². The van der Waals surface area contributed by atoms with Crippen LogP contribution in [0, 0.1) is 5.92 Å². The Morgan fingerprint density at radius 3 is 2.84 bits per heavy atom. The van der Waals surface area contributed by atoms with Crippen LogP contribution in [0.15, 0.2) is 0 Å². The Morgan fingerprint density at radius 1 is 1.26 bits per heavy atom. The molecule has 2 aliphatic heterocycles. The predicted molar refractivity (Wildman–Crippen MR) is 66.3 cm³/mol. The van der Waals surface area contributed by atoms with Gasteiger partial charge in [-0.15, -0.1) is 10.2 Å². The monoisotopic (exact) mass is 292 g/mol. The number of alkyl halides is 3. The van der Waals surface area contributed by atoms with Gasteiger partial charge in [-0.3, -0.25) is 0 Å². The molecule has 3 heterocycles. The van der Waals surface area contributed by atoms with Gasteiger partial charge in [0.1, 0.15) is 0 Å². The summed E-state index contributed by atoms with van der Waals surface area (Å²) in [5, 5.41) is 9.98. The third-order valence-corrected chi connectivity index (χ3v) is 4.85. The average molecular weight is 292 g/mol. The molecular weight excluding hydrogens is 277 g/mol. The van der Waals surface area contributed by atoms with Crippen molar-refractivity contribution in [3.63, 3.8) is 0 Å². The lowest BCUT2D eigenvalue weighted by Crippen LogP contribution is -2.52. The van der Waals surface area contributed by atoms with E-state index in [4.69, 9.17) is 0 Å². The predicted octanol–water partition coefficient (Wildman–Crippen LogP) is 2.14. The third-order valence-electron chi connectivity index (χ3n) is 3.82. The van der Waals surface area contributed by atoms with Gasteiger partial charge in [0.25, 0.3) is 0 Å². The second-order valence-corrected chi connectivity index (χ2v) is 6.04. The summed E-state index contributed by atoms with van der Waals surface area (Å²) in [6.07, 6.45) is -1.15. The molecule has 0 amide bonds. The van der Waals surface area contributed by atoms with E-state index in [1.54, 1.807) is 0 Å². The van der Waals surface area contributed by atoms with Crippen LogP contribution in [0.1, 0.15) is 24.3 Å². The number of anilines is 1. The SMILES string of the molecule is FC(F)(F)c1nnc(N2CCC3NCCCC3C2)s1. The molecule has 2 atom stereocenters. The van der Waals surface area contributed by atoms with Crippen LogP contribution in [-0.4, -0.2) is 35.9 Å². The number of fused-ring (bicyclic) bond motifs is 1. The molecule has 1 N–H and O–H groups in total. The molecule has 3 rings (SSSR count). The number of nitrogens with zero attached hydrogens (tertiary/aromatic N) is 3. The van der Waals surface area contributed by atoms with E-state index in [2.05, 4.69) is 15.5 Å². The van der Waals surface area contributed by atoms with Crippen LogP contribution < -0.4 is 10.2 Å². The van der Waals surface area contributed by atoms with Gasteiger partial charge in [-0.05, 0) is 31.7 Å². The fourth-order valence-corrected chi connectivity index (χ4v) is 3.62. The highest BCUT2D eigenvalue weighted by Crippen LogP contribution is 2.36. The highest BCUT2D eigenvalue weighted by molar-refractivity contribution is 7.15. The van der Waals surface area contributed by atoms with Gasteiger partial charge in [-0.25, -0.2) is 0 Å². The van der Waals surface area contributed by atoms with Crippen LogP contribution in [0.5, 0.6) is 0 Å². The molecule has 8 heteroatoms. The molecule has 106 valence electrons. The van der Waals surface area contributed by atoms with E-state index in [0.717, 1.165) is 38.9 Å². The van der Waals surface area contributed by atoms with Crippen LogP contribution in [-0.2, 0) is 6.18 Å². The fraction of sp³-hybridized carbons (Fsp3) is 0.818. The summed E-state index contributed by atoms with van der Waals surface area (Å²) in [5.74, 6) is 0.515. The average Bonchev–Trinajstić information content (AvgIpc) is 2.87. The molecule has 2 aliphatic rings. The van der Waals surface area contributed by atoms with Crippen LogP contribution in [0.25, 0.3) is 0 Å². The number of hydrogen-bond acceptors (Lipinski definition) is 5. The van der Waals surface area contributed by atoms with Crippen LogP contribution >= 0.6 is 11.3 Å². The minimum atomic E-state index is -4.39. The molecule has 1 aromatic heterocycles. The largest absolute Gasteiger partial charge is 0.445 e. The van der Waals surface area contributed by atoms with E-state index < -0.39 is 11.2 Å². The summed E-state index contributed by atoms with van der Waals surface area (Å²) >= 11 is 0.644. The van der Waals surface area contributed by atoms with Crippen molar-refractivity contribution in [1.82, 2.24) is 15.5 Å². The van der Waals surface area contributed by atoms with E-state index in [0.29, 0.717) is 28.4 Å². The molecule has 4 nitrogen and oxygen atoms in total. The van der Waals surface area contributed by atoms with Crippen molar-refractivity contribution in [2.45, 2.75) is 31.5 Å². The summed E-state index contributed by atoms with van der Waals surface area (Å²) in [6, 6.07) is 0.514. The summed E-state index contributed by atoms with van der Waals surface area (Å²) in [5.41, 5.74) is 0. The number of aromatic nitrogens is 2. The fourth-order valence-electron chi connectivity index (χ4n) is 2.88. The summed E-state index contributed by atoms with van der Waals surface area (Å²) in [6.45, 7) is 2.59. The van der Waals surface area contributed by atoms with Crippen LogP contribution in [0.2, 0.25) is 0 Å². The van der Waals surface area contributed by atoms with Gasteiger partial charge in [-0.2, -0.15) is 13.2 Å². The molecule has 1 aromatic rings. The minimum Gasteiger partial charge on any atom is -0.346 e. The smallest absolute Gasteiger partial charge is 0.346 e. The topological polar surface area (TPSA) is 41.1 Å². The second-order valence-electron chi connectivity index (χ2n) is 5.09. The van der Waals surface area contributed by atoms with Gasteiger partial charge in [-0.1, -0.05) is 11.3 Å². The Morgan fingerprint density at radius 2 is 2.11 bits per heavy atom. The zero-order chi connectivity index (χ0) is 13.5. The first-order valence-corrected chi connectivity index (χ1v) is 7.25. The molecule has 2 fully saturated rings. The highest BCUT2D eigenvalue weighted by atomic mass is 32.1. The molecule has 0 aromatic carbocycles. The number of nitrogens with one attached hydrogen (secondary N) is 1. The van der Waals surface area contributed by atoms with Gasteiger partial charge in [0.2, 0.25) is 10.1 Å². The second kappa shape index (κ2) is 4.90. The van der Waals surface area contributed by atoms with Crippen molar-refractivity contribution in [1.29, 1.82) is 0 Å². The lowest BCUT2D eigenvalue weighted by Gasteiger charge is -2.41. The van der Waals surface area contributed by atoms with Gasteiger partial charge in [0, 0.05) is 19.1 Å².